The molecule has 1 rings (SSSR count). The van der Waals surface area contributed by atoms with Gasteiger partial charge in [-0.3, -0.25) is 0 Å². The maximum atomic E-state index is 5.45. The Labute approximate surface area is 94.9 Å². The van der Waals surface area contributed by atoms with Crippen molar-refractivity contribution in [1.82, 2.24) is 0 Å². The average molecular weight is 223 g/mol. The summed E-state index contributed by atoms with van der Waals surface area (Å²) in [5.74, 6) is 6.01. The fourth-order valence-electron chi connectivity index (χ4n) is 1.29. The summed E-state index contributed by atoms with van der Waals surface area (Å²) in [5.41, 5.74) is 6.85. The van der Waals surface area contributed by atoms with E-state index < -0.39 is 0 Å². The fourth-order valence-corrected chi connectivity index (χ4v) is 1.92. The minimum atomic E-state index is 0.467. The first-order chi connectivity index (χ1) is 7.33. The molecule has 0 fully saturated rings. The molecule has 4 heteroatoms. The van der Waals surface area contributed by atoms with Gasteiger partial charge in [0.1, 0.15) is 0 Å². The van der Waals surface area contributed by atoms with E-state index in [-0.39, 0.29) is 0 Å². The first-order valence-electron chi connectivity index (χ1n) is 5.03. The van der Waals surface area contributed by atoms with E-state index in [1.165, 1.54) is 23.7 Å². The lowest BCUT2D eigenvalue weighted by Gasteiger charge is -2.01. The third-order valence-electron chi connectivity index (χ3n) is 2.08. The van der Waals surface area contributed by atoms with E-state index in [1.54, 1.807) is 0 Å². The number of nitrogens with two attached hydrogens (primary N) is 2. The molecule has 0 aliphatic heterocycles. The van der Waals surface area contributed by atoms with E-state index in [2.05, 4.69) is 29.4 Å². The number of benzene rings is 1. The molecule has 0 saturated heterocycles. The monoisotopic (exact) mass is 223 g/mol. The van der Waals surface area contributed by atoms with Gasteiger partial charge in [0, 0.05) is 5.75 Å². The Balaban J connectivity index is 2.08. The van der Waals surface area contributed by atoms with E-state index in [0.717, 1.165) is 18.6 Å². The van der Waals surface area contributed by atoms with Crippen LogP contribution >= 0.6 is 11.8 Å². The van der Waals surface area contributed by atoms with E-state index in [9.17, 15) is 0 Å². The molecule has 0 aliphatic carbocycles. The summed E-state index contributed by atoms with van der Waals surface area (Å²) in [6.07, 6.45) is 3.44. The van der Waals surface area contributed by atoms with Crippen LogP contribution in [-0.4, -0.2) is 10.9 Å². The van der Waals surface area contributed by atoms with Crippen LogP contribution in [0.15, 0.2) is 35.4 Å². The number of unbranched alkanes of at least 4 members (excludes halogenated alkanes) is 1. The van der Waals surface area contributed by atoms with Crippen LogP contribution in [0.3, 0.4) is 0 Å². The zero-order valence-electron chi connectivity index (χ0n) is 8.73. The van der Waals surface area contributed by atoms with Crippen LogP contribution < -0.4 is 11.6 Å². The second-order valence-corrected chi connectivity index (χ2v) is 4.37. The molecule has 0 aromatic heterocycles. The van der Waals surface area contributed by atoms with Crippen molar-refractivity contribution < 1.29 is 0 Å². The van der Waals surface area contributed by atoms with E-state index in [1.807, 2.05) is 6.07 Å². The first-order valence-corrected chi connectivity index (χ1v) is 6.01. The van der Waals surface area contributed by atoms with Crippen molar-refractivity contribution in [2.45, 2.75) is 19.3 Å². The Kier molecular flexibility index (Phi) is 5.70. The van der Waals surface area contributed by atoms with Crippen LogP contribution in [0.2, 0.25) is 0 Å². The van der Waals surface area contributed by atoms with Crippen molar-refractivity contribution >= 4 is 16.9 Å². The SMILES string of the molecule is N/N=C(/N)SCCCCc1ccccc1. The third kappa shape index (κ3) is 5.32. The summed E-state index contributed by atoms with van der Waals surface area (Å²) in [7, 11) is 0. The molecule has 3 nitrogen and oxygen atoms in total. The average Bonchev–Trinajstić information content (AvgIpc) is 2.29. The molecular formula is C11H17N3S. The van der Waals surface area contributed by atoms with E-state index in [0.29, 0.717) is 5.17 Å². The van der Waals surface area contributed by atoms with Gasteiger partial charge in [0.2, 0.25) is 0 Å². The molecule has 0 heterocycles. The number of hydrogen-bond acceptors (Lipinski definition) is 3. The molecule has 0 amide bonds. The number of rotatable bonds is 5. The van der Waals surface area contributed by atoms with Crippen LogP contribution in [0.5, 0.6) is 0 Å². The molecule has 0 atom stereocenters. The first kappa shape index (κ1) is 11.9. The standard InChI is InChI=1S/C11H17N3S/c12-11(14-13)15-9-5-4-8-10-6-2-1-3-7-10/h1-3,6-7H,4-5,8-9,13H2,(H2,12,14). The molecule has 0 aliphatic rings. The highest BCUT2D eigenvalue weighted by Gasteiger charge is 1.95. The quantitative estimate of drug-likeness (QED) is 0.263. The highest BCUT2D eigenvalue weighted by Crippen LogP contribution is 2.08. The highest BCUT2D eigenvalue weighted by molar-refractivity contribution is 8.13. The minimum absolute atomic E-state index is 0.467. The topological polar surface area (TPSA) is 64.4 Å². The molecule has 15 heavy (non-hydrogen) atoms. The number of hydrogen-bond donors (Lipinski definition) is 2. The van der Waals surface area contributed by atoms with Gasteiger partial charge in [0.15, 0.2) is 5.17 Å². The molecule has 4 N–H and O–H groups in total. The summed E-state index contributed by atoms with van der Waals surface area (Å²) < 4.78 is 0. The van der Waals surface area contributed by atoms with E-state index >= 15 is 0 Å². The maximum Gasteiger partial charge on any atom is 0.177 e. The molecule has 82 valence electrons. The van der Waals surface area contributed by atoms with Gasteiger partial charge >= 0.3 is 0 Å². The van der Waals surface area contributed by atoms with Crippen molar-refractivity contribution in [3.8, 4) is 0 Å². The lowest BCUT2D eigenvalue weighted by Crippen LogP contribution is -2.09. The van der Waals surface area contributed by atoms with Crippen LogP contribution in [0.1, 0.15) is 18.4 Å². The van der Waals surface area contributed by atoms with Crippen LogP contribution in [0, 0.1) is 0 Å². The number of thioether (sulfide) groups is 1. The smallest absolute Gasteiger partial charge is 0.177 e. The van der Waals surface area contributed by atoms with Crippen molar-refractivity contribution in [2.24, 2.45) is 16.7 Å². The summed E-state index contributed by atoms with van der Waals surface area (Å²) in [5, 5.41) is 3.87. The van der Waals surface area contributed by atoms with E-state index in [4.69, 9.17) is 11.6 Å². The predicted octanol–water partition coefficient (Wildman–Crippen LogP) is 1.93. The van der Waals surface area contributed by atoms with Crippen molar-refractivity contribution in [1.29, 1.82) is 0 Å². The molecule has 0 spiro atoms. The molecule has 0 bridgehead atoms. The van der Waals surface area contributed by atoms with Gasteiger partial charge in [-0.15, -0.1) is 0 Å². The molecule has 0 radical (unpaired) electrons. The second-order valence-electron chi connectivity index (χ2n) is 3.26. The maximum absolute atomic E-state index is 5.45. The zero-order chi connectivity index (χ0) is 10.9. The van der Waals surface area contributed by atoms with Gasteiger partial charge in [-0.05, 0) is 24.8 Å². The lowest BCUT2D eigenvalue weighted by atomic mass is 10.1. The second kappa shape index (κ2) is 7.17. The number of nitrogens with zero attached hydrogens (tertiary/aromatic N) is 1. The Morgan fingerprint density at radius 1 is 1.20 bits per heavy atom. The third-order valence-corrected chi connectivity index (χ3v) is 2.97. The minimum Gasteiger partial charge on any atom is -0.377 e. The lowest BCUT2D eigenvalue weighted by molar-refractivity contribution is 0.803. The highest BCUT2D eigenvalue weighted by atomic mass is 32.2. The van der Waals surface area contributed by atoms with Gasteiger partial charge in [-0.25, -0.2) is 0 Å². The summed E-state index contributed by atoms with van der Waals surface area (Å²) in [6.45, 7) is 0. The number of aryl methyl sites for hydroxylation is 1. The Morgan fingerprint density at radius 2 is 1.93 bits per heavy atom. The number of amidine groups is 1. The molecule has 0 unspecified atom stereocenters. The van der Waals surface area contributed by atoms with Gasteiger partial charge in [0.05, 0.1) is 0 Å². The Hall–Kier alpha value is -1.16. The molecule has 1 aromatic rings. The van der Waals surface area contributed by atoms with Crippen LogP contribution in [0.4, 0.5) is 0 Å². The normalized spacial score (nSPS) is 11.6. The Bertz CT molecular complexity index is 298. The van der Waals surface area contributed by atoms with Crippen molar-refractivity contribution in [2.75, 3.05) is 5.75 Å². The zero-order valence-corrected chi connectivity index (χ0v) is 9.54. The Morgan fingerprint density at radius 3 is 2.60 bits per heavy atom. The van der Waals surface area contributed by atoms with Crippen LogP contribution in [-0.2, 0) is 6.42 Å². The largest absolute Gasteiger partial charge is 0.377 e. The summed E-state index contributed by atoms with van der Waals surface area (Å²) in [4.78, 5) is 0. The van der Waals surface area contributed by atoms with Crippen molar-refractivity contribution in [3.05, 3.63) is 35.9 Å². The fraction of sp³-hybridized carbons (Fsp3) is 0.364. The molecule has 1 aromatic carbocycles. The van der Waals surface area contributed by atoms with Crippen LogP contribution in [0.25, 0.3) is 0 Å². The summed E-state index contributed by atoms with van der Waals surface area (Å²) in [6, 6.07) is 10.5. The van der Waals surface area contributed by atoms with Gasteiger partial charge in [-0.1, -0.05) is 42.1 Å². The molecule has 0 saturated carbocycles. The van der Waals surface area contributed by atoms with Crippen molar-refractivity contribution in [3.63, 3.8) is 0 Å². The van der Waals surface area contributed by atoms with Gasteiger partial charge in [0.25, 0.3) is 0 Å². The van der Waals surface area contributed by atoms with Gasteiger partial charge < -0.3 is 11.6 Å². The summed E-state index contributed by atoms with van der Waals surface area (Å²) >= 11 is 1.51. The van der Waals surface area contributed by atoms with Gasteiger partial charge in [-0.2, -0.15) is 5.10 Å². The predicted molar refractivity (Wildman–Crippen MR) is 67.6 cm³/mol. The number of hydrazone groups is 1. The molecular weight excluding hydrogens is 206 g/mol.